The number of carbonyl (C=O) groups excluding carboxylic acids is 1. The molecule has 0 saturated heterocycles. The number of hydrogen-bond donors (Lipinski definition) is 1. The van der Waals surface area contributed by atoms with E-state index in [9.17, 15) is 4.79 Å². The molecular weight excluding hydrogens is 533 g/mol. The van der Waals surface area contributed by atoms with E-state index in [4.69, 9.17) is 3.07 Å². The molecule has 1 rings (SSSR count). The van der Waals surface area contributed by atoms with E-state index in [0.29, 0.717) is 6.04 Å². The van der Waals surface area contributed by atoms with Crippen LogP contribution in [0.5, 0.6) is 0 Å². The van der Waals surface area contributed by atoms with Crippen molar-refractivity contribution < 1.29 is 7.86 Å². The first-order valence-corrected chi connectivity index (χ1v) is 18.0. The van der Waals surface area contributed by atoms with Gasteiger partial charge in [0.15, 0.2) is 0 Å². The summed E-state index contributed by atoms with van der Waals surface area (Å²) >= 11 is -1.64. The molecule has 0 aromatic carbocycles. The third-order valence-electron chi connectivity index (χ3n) is 6.40. The normalized spacial score (nSPS) is 16.6. The Morgan fingerprint density at radius 1 is 0.765 bits per heavy atom. The minimum atomic E-state index is -1.64. The van der Waals surface area contributed by atoms with E-state index in [0.717, 1.165) is 55.8 Å². The molecule has 0 atom stereocenters. The van der Waals surface area contributed by atoms with Crippen molar-refractivity contribution in [3.05, 3.63) is 46.6 Å². The second-order valence-electron chi connectivity index (χ2n) is 10.3. The second-order valence-corrected chi connectivity index (χ2v) is 14.8. The topological polar surface area (TPSA) is 38.3 Å². The van der Waals surface area contributed by atoms with Gasteiger partial charge in [-0.2, -0.15) is 0 Å². The molecule has 0 unspecified atom stereocenters. The predicted molar refractivity (Wildman–Crippen MR) is 159 cm³/mol. The van der Waals surface area contributed by atoms with Gasteiger partial charge < -0.3 is 0 Å². The molecule has 1 aliphatic carbocycles. The average Bonchev–Trinajstić information content (AvgIpc) is 3.02. The van der Waals surface area contributed by atoms with E-state index in [1.807, 2.05) is 0 Å². The molecule has 0 aromatic heterocycles. The third-order valence-corrected chi connectivity index (χ3v) is 9.69. The van der Waals surface area contributed by atoms with Gasteiger partial charge in [0.2, 0.25) is 0 Å². The van der Waals surface area contributed by atoms with Crippen molar-refractivity contribution in [1.29, 1.82) is 0 Å². The van der Waals surface area contributed by atoms with Gasteiger partial charge in [-0.25, -0.2) is 0 Å². The molecule has 1 amide bonds. The van der Waals surface area contributed by atoms with Gasteiger partial charge in [-0.05, 0) is 33.6 Å². The second kappa shape index (κ2) is 19.2. The van der Waals surface area contributed by atoms with Crippen LogP contribution in [0.15, 0.2) is 46.6 Å². The molecular formula is C30H52INO2. The van der Waals surface area contributed by atoms with Crippen LogP contribution in [-0.2, 0) is 3.07 Å². The van der Waals surface area contributed by atoms with Crippen molar-refractivity contribution in [1.82, 2.24) is 5.32 Å². The Hall–Kier alpha value is -1.04. The van der Waals surface area contributed by atoms with Gasteiger partial charge in [0, 0.05) is 0 Å². The number of amides is 1. The van der Waals surface area contributed by atoms with Crippen LogP contribution < -0.4 is 5.32 Å². The summed E-state index contributed by atoms with van der Waals surface area (Å²) < 4.78 is 6.77. The summed E-state index contributed by atoms with van der Waals surface area (Å²) in [7, 11) is 0. The Morgan fingerprint density at radius 2 is 1.24 bits per heavy atom. The standard InChI is InChI=1S/C30H52INO2/c1-25(2)15-11-16-26(3)17-12-18-27(4)19-13-20-28(5)21-14-24-31(6)34-30(33)32-29-22-9-7-8-10-23-29/h15,17,19,21,29H,7-14,16,18,20,22-24H2,1-6H3,(H,32,33)/b26-17+,27-19+,28-21+. The summed E-state index contributed by atoms with van der Waals surface area (Å²) in [6.07, 6.45) is 24.5. The zero-order chi connectivity index (χ0) is 25.2. The first-order valence-electron chi connectivity index (χ1n) is 13.4. The van der Waals surface area contributed by atoms with Crippen molar-refractivity contribution in [3.8, 4) is 0 Å². The number of nitrogens with one attached hydrogen (secondary N) is 1. The summed E-state index contributed by atoms with van der Waals surface area (Å²) in [6.45, 7) is 11.1. The van der Waals surface area contributed by atoms with Gasteiger partial charge in [-0.3, -0.25) is 0 Å². The van der Waals surface area contributed by atoms with E-state index in [2.05, 4.69) is 69.2 Å². The summed E-state index contributed by atoms with van der Waals surface area (Å²) in [5.74, 6) is 0. The Bertz CT molecular complexity index is 693. The number of halogens is 1. The quantitative estimate of drug-likeness (QED) is 0.0954. The van der Waals surface area contributed by atoms with Crippen molar-refractivity contribution in [2.24, 2.45) is 0 Å². The fourth-order valence-corrected chi connectivity index (χ4v) is 6.43. The molecule has 0 radical (unpaired) electrons. The number of hydrogen-bond acceptors (Lipinski definition) is 2. The van der Waals surface area contributed by atoms with Crippen LogP contribution in [0, 0.1) is 0 Å². The number of allylic oxidation sites excluding steroid dienone is 8. The maximum atomic E-state index is 12.2. The van der Waals surface area contributed by atoms with Gasteiger partial charge >= 0.3 is 174 Å². The van der Waals surface area contributed by atoms with Gasteiger partial charge in [0.1, 0.15) is 0 Å². The molecule has 0 aliphatic heterocycles. The molecule has 0 bridgehead atoms. The van der Waals surface area contributed by atoms with Crippen LogP contribution in [0.4, 0.5) is 4.79 Å². The predicted octanol–water partition coefficient (Wildman–Crippen LogP) is 10.0. The summed E-state index contributed by atoms with van der Waals surface area (Å²) in [6, 6.07) is 0.325. The van der Waals surface area contributed by atoms with Crippen LogP contribution in [0.3, 0.4) is 0 Å². The maximum absolute atomic E-state index is 12.2. The Morgan fingerprint density at radius 3 is 1.74 bits per heavy atom. The first-order chi connectivity index (χ1) is 16.3. The van der Waals surface area contributed by atoms with Crippen molar-refractivity contribution in [3.63, 3.8) is 0 Å². The summed E-state index contributed by atoms with van der Waals surface area (Å²) in [5.41, 5.74) is 5.87. The molecule has 0 aromatic rings. The molecule has 34 heavy (non-hydrogen) atoms. The molecule has 1 N–H and O–H groups in total. The van der Waals surface area contributed by atoms with Crippen LogP contribution in [0.25, 0.3) is 0 Å². The van der Waals surface area contributed by atoms with Crippen molar-refractivity contribution in [2.75, 3.05) is 9.36 Å². The van der Waals surface area contributed by atoms with Crippen LogP contribution in [0.2, 0.25) is 0 Å². The Balaban J connectivity index is 2.19. The van der Waals surface area contributed by atoms with E-state index in [-0.39, 0.29) is 6.09 Å². The van der Waals surface area contributed by atoms with Gasteiger partial charge in [-0.1, -0.05) is 11.6 Å². The van der Waals surface area contributed by atoms with Gasteiger partial charge in [0.05, 0.1) is 0 Å². The number of carbonyl (C=O) groups is 1. The monoisotopic (exact) mass is 585 g/mol. The zero-order valence-electron chi connectivity index (χ0n) is 23.0. The Labute approximate surface area is 218 Å². The van der Waals surface area contributed by atoms with Crippen LogP contribution in [0.1, 0.15) is 118 Å². The van der Waals surface area contributed by atoms with Gasteiger partial charge in [-0.15, -0.1) is 0 Å². The van der Waals surface area contributed by atoms with E-state index >= 15 is 0 Å². The molecule has 3 nitrogen and oxygen atoms in total. The molecule has 0 heterocycles. The van der Waals surface area contributed by atoms with E-state index in [1.165, 1.54) is 54.4 Å². The minimum absolute atomic E-state index is 0.168. The number of alkyl halides is 2. The zero-order valence-corrected chi connectivity index (χ0v) is 25.1. The average molecular weight is 586 g/mol. The molecule has 1 fully saturated rings. The van der Waals surface area contributed by atoms with Crippen LogP contribution in [-0.4, -0.2) is 21.5 Å². The fourth-order valence-electron chi connectivity index (χ4n) is 4.21. The van der Waals surface area contributed by atoms with Crippen LogP contribution >= 0.6 is 20.2 Å². The third kappa shape index (κ3) is 17.4. The SMILES string of the molecule is CC(C)=CCC/C(C)=C/CC/C(C)=C/CC/C(C)=C/CCI(C)OC(=O)NC1CCCCCC1. The van der Waals surface area contributed by atoms with Gasteiger partial charge in [0.25, 0.3) is 0 Å². The first kappa shape index (κ1) is 31.0. The molecule has 1 saturated carbocycles. The summed E-state index contributed by atoms with van der Waals surface area (Å²) in [5, 5.41) is 3.11. The van der Waals surface area contributed by atoms with E-state index < -0.39 is 20.2 Å². The molecule has 1 aliphatic rings. The molecule has 0 spiro atoms. The summed E-state index contributed by atoms with van der Waals surface area (Å²) in [4.78, 5) is 14.4. The van der Waals surface area contributed by atoms with Crippen molar-refractivity contribution in [2.45, 2.75) is 124 Å². The number of rotatable bonds is 14. The van der Waals surface area contributed by atoms with Crippen molar-refractivity contribution >= 4 is 26.3 Å². The molecule has 4 heteroatoms. The molecule has 196 valence electrons. The van der Waals surface area contributed by atoms with E-state index in [1.54, 1.807) is 0 Å². The Kier molecular flexibility index (Phi) is 17.5. The fraction of sp³-hybridized carbons (Fsp3) is 0.700.